The first-order valence-corrected chi connectivity index (χ1v) is 8.88. The fourth-order valence-electron chi connectivity index (χ4n) is 3.38. The van der Waals surface area contributed by atoms with Gasteiger partial charge in [0.1, 0.15) is 12.1 Å². The summed E-state index contributed by atoms with van der Waals surface area (Å²) in [5.74, 6) is 2.16. The molecule has 0 amide bonds. The van der Waals surface area contributed by atoms with Crippen LogP contribution < -0.4 is 14.4 Å². The topological polar surface area (TPSA) is 47.5 Å². The number of nitrogens with zero attached hydrogens (tertiary/aromatic N) is 3. The van der Waals surface area contributed by atoms with Crippen molar-refractivity contribution in [3.8, 4) is 11.5 Å². The summed E-state index contributed by atoms with van der Waals surface area (Å²) in [6, 6.07) is 18.6. The van der Waals surface area contributed by atoms with Crippen molar-refractivity contribution in [2.75, 3.05) is 25.7 Å². The van der Waals surface area contributed by atoms with Crippen LogP contribution in [0.2, 0.25) is 0 Å². The van der Waals surface area contributed by atoms with Gasteiger partial charge < -0.3 is 14.4 Å². The van der Waals surface area contributed by atoms with Crippen molar-refractivity contribution in [2.24, 2.45) is 0 Å². The molecule has 5 nitrogen and oxygen atoms in total. The van der Waals surface area contributed by atoms with E-state index >= 15 is 0 Å². The predicted molar refractivity (Wildman–Crippen MR) is 109 cm³/mol. The Labute approximate surface area is 158 Å². The van der Waals surface area contributed by atoms with Crippen molar-refractivity contribution in [2.45, 2.75) is 6.92 Å². The van der Waals surface area contributed by atoms with Crippen molar-refractivity contribution in [1.82, 2.24) is 9.97 Å². The second-order valence-corrected chi connectivity index (χ2v) is 6.20. The number of fused-ring (bicyclic) bond motifs is 2. The number of anilines is 2. The van der Waals surface area contributed by atoms with E-state index in [0.29, 0.717) is 11.5 Å². The summed E-state index contributed by atoms with van der Waals surface area (Å²) < 4.78 is 10.9. The van der Waals surface area contributed by atoms with E-state index in [2.05, 4.69) is 64.3 Å². The van der Waals surface area contributed by atoms with Gasteiger partial charge in [0, 0.05) is 23.7 Å². The molecule has 0 atom stereocenters. The highest BCUT2D eigenvalue weighted by atomic mass is 16.5. The maximum Gasteiger partial charge on any atom is 0.162 e. The molecule has 0 N–H and O–H groups in total. The summed E-state index contributed by atoms with van der Waals surface area (Å²) in [6.45, 7) is 2.89. The van der Waals surface area contributed by atoms with Crippen molar-refractivity contribution in [1.29, 1.82) is 0 Å². The number of hydrogen-bond donors (Lipinski definition) is 0. The van der Waals surface area contributed by atoms with E-state index in [9.17, 15) is 0 Å². The Kier molecular flexibility index (Phi) is 4.50. The second-order valence-electron chi connectivity index (χ2n) is 6.20. The zero-order valence-electron chi connectivity index (χ0n) is 15.6. The average molecular weight is 359 g/mol. The van der Waals surface area contributed by atoms with Crippen LogP contribution in [0.3, 0.4) is 0 Å². The van der Waals surface area contributed by atoms with Gasteiger partial charge in [-0.1, -0.05) is 30.3 Å². The molecule has 0 aliphatic rings. The molecule has 0 aliphatic carbocycles. The third-order valence-electron chi connectivity index (χ3n) is 4.74. The second kappa shape index (κ2) is 7.11. The van der Waals surface area contributed by atoms with Crippen LogP contribution in [0.5, 0.6) is 11.5 Å². The highest BCUT2D eigenvalue weighted by Gasteiger charge is 2.16. The standard InChI is InChI=1S/C22H21N3O2/c1-4-25(17-10-9-15-7-5-6-8-16(15)11-17)22-18-12-20(26-2)21(27-3)13-19(18)23-14-24-22/h5-14H,4H2,1-3H3. The van der Waals surface area contributed by atoms with Crippen LogP contribution in [0.1, 0.15) is 6.92 Å². The van der Waals surface area contributed by atoms with E-state index in [1.54, 1.807) is 20.5 Å². The van der Waals surface area contributed by atoms with Gasteiger partial charge in [0.2, 0.25) is 0 Å². The normalized spacial score (nSPS) is 10.9. The third kappa shape index (κ3) is 3.01. The molecule has 136 valence electrons. The largest absolute Gasteiger partial charge is 0.493 e. The van der Waals surface area contributed by atoms with E-state index in [1.807, 2.05) is 12.1 Å². The minimum Gasteiger partial charge on any atom is -0.493 e. The Hall–Kier alpha value is -3.34. The highest BCUT2D eigenvalue weighted by molar-refractivity contribution is 5.95. The van der Waals surface area contributed by atoms with Crippen LogP contribution in [0.25, 0.3) is 21.7 Å². The van der Waals surface area contributed by atoms with Gasteiger partial charge in [-0.05, 0) is 35.9 Å². The fourth-order valence-corrected chi connectivity index (χ4v) is 3.38. The molecule has 0 radical (unpaired) electrons. The van der Waals surface area contributed by atoms with Gasteiger partial charge in [0.25, 0.3) is 0 Å². The Morgan fingerprint density at radius 1 is 0.852 bits per heavy atom. The van der Waals surface area contributed by atoms with Gasteiger partial charge in [0.05, 0.1) is 19.7 Å². The lowest BCUT2D eigenvalue weighted by Crippen LogP contribution is -2.18. The Bertz CT molecular complexity index is 1110. The molecule has 1 aromatic heterocycles. The fraction of sp³-hybridized carbons (Fsp3) is 0.182. The van der Waals surface area contributed by atoms with Gasteiger partial charge in [-0.3, -0.25) is 0 Å². The quantitative estimate of drug-likeness (QED) is 0.504. The van der Waals surface area contributed by atoms with E-state index in [1.165, 1.54) is 10.8 Å². The number of aromatic nitrogens is 2. The Morgan fingerprint density at radius 2 is 1.59 bits per heavy atom. The predicted octanol–water partition coefficient (Wildman–Crippen LogP) is 4.96. The van der Waals surface area contributed by atoms with Crippen LogP contribution in [-0.2, 0) is 0 Å². The lowest BCUT2D eigenvalue weighted by molar-refractivity contribution is 0.356. The smallest absolute Gasteiger partial charge is 0.162 e. The van der Waals surface area contributed by atoms with E-state index in [4.69, 9.17) is 9.47 Å². The number of benzene rings is 3. The average Bonchev–Trinajstić information content (AvgIpc) is 2.73. The van der Waals surface area contributed by atoms with Gasteiger partial charge in [-0.15, -0.1) is 0 Å². The Balaban J connectivity index is 1.89. The monoisotopic (exact) mass is 359 g/mol. The van der Waals surface area contributed by atoms with Crippen LogP contribution in [0, 0.1) is 0 Å². The zero-order chi connectivity index (χ0) is 18.8. The maximum absolute atomic E-state index is 5.48. The first kappa shape index (κ1) is 17.1. The number of methoxy groups -OCH3 is 2. The molecule has 0 bridgehead atoms. The van der Waals surface area contributed by atoms with Gasteiger partial charge >= 0.3 is 0 Å². The van der Waals surface area contributed by atoms with Crippen molar-refractivity contribution in [3.63, 3.8) is 0 Å². The van der Waals surface area contributed by atoms with Crippen molar-refractivity contribution < 1.29 is 9.47 Å². The van der Waals surface area contributed by atoms with E-state index in [0.717, 1.165) is 29.0 Å². The molecular weight excluding hydrogens is 338 g/mol. The highest BCUT2D eigenvalue weighted by Crippen LogP contribution is 2.37. The summed E-state index contributed by atoms with van der Waals surface area (Å²) in [4.78, 5) is 11.2. The molecule has 0 aliphatic heterocycles. The van der Waals surface area contributed by atoms with Crippen molar-refractivity contribution >= 4 is 33.2 Å². The SMILES string of the molecule is CCN(c1ccc2ccccc2c1)c1ncnc2cc(OC)c(OC)cc12. The molecule has 5 heteroatoms. The summed E-state index contributed by atoms with van der Waals surface area (Å²) in [5.41, 5.74) is 1.91. The molecule has 1 heterocycles. The summed E-state index contributed by atoms with van der Waals surface area (Å²) >= 11 is 0. The summed E-state index contributed by atoms with van der Waals surface area (Å²) in [5, 5.41) is 3.34. The van der Waals surface area contributed by atoms with Crippen molar-refractivity contribution in [3.05, 3.63) is 60.9 Å². The van der Waals surface area contributed by atoms with Gasteiger partial charge in [-0.2, -0.15) is 0 Å². The molecule has 0 fully saturated rings. The summed E-state index contributed by atoms with van der Waals surface area (Å²) in [7, 11) is 3.26. The maximum atomic E-state index is 5.48. The third-order valence-corrected chi connectivity index (χ3v) is 4.74. The van der Waals surface area contributed by atoms with Crippen LogP contribution in [-0.4, -0.2) is 30.7 Å². The van der Waals surface area contributed by atoms with Gasteiger partial charge in [0.15, 0.2) is 11.5 Å². The molecule has 3 aromatic carbocycles. The molecule has 27 heavy (non-hydrogen) atoms. The molecule has 4 rings (SSSR count). The lowest BCUT2D eigenvalue weighted by atomic mass is 10.1. The first-order chi connectivity index (χ1) is 13.2. The molecule has 4 aromatic rings. The summed E-state index contributed by atoms with van der Waals surface area (Å²) in [6.07, 6.45) is 1.59. The van der Waals surface area contributed by atoms with Crippen LogP contribution >= 0.6 is 0 Å². The minimum atomic E-state index is 0.656. The Morgan fingerprint density at radius 3 is 2.33 bits per heavy atom. The first-order valence-electron chi connectivity index (χ1n) is 8.88. The van der Waals surface area contributed by atoms with Gasteiger partial charge in [-0.25, -0.2) is 9.97 Å². The van der Waals surface area contributed by atoms with Crippen LogP contribution in [0.4, 0.5) is 11.5 Å². The van der Waals surface area contributed by atoms with Crippen LogP contribution in [0.15, 0.2) is 60.9 Å². The number of ether oxygens (including phenoxy) is 2. The van der Waals surface area contributed by atoms with E-state index in [-0.39, 0.29) is 0 Å². The number of hydrogen-bond acceptors (Lipinski definition) is 5. The molecule has 0 spiro atoms. The number of rotatable bonds is 5. The molecular formula is C22H21N3O2. The zero-order valence-corrected chi connectivity index (χ0v) is 15.6. The van der Waals surface area contributed by atoms with E-state index < -0.39 is 0 Å². The molecule has 0 unspecified atom stereocenters. The molecule has 0 saturated heterocycles. The molecule has 0 saturated carbocycles. The lowest BCUT2D eigenvalue weighted by Gasteiger charge is -2.24. The minimum absolute atomic E-state index is 0.656.